The molecule has 0 aromatic heterocycles. The van der Waals surface area contributed by atoms with Gasteiger partial charge in [-0.25, -0.2) is 5.43 Å². The van der Waals surface area contributed by atoms with Gasteiger partial charge in [0, 0.05) is 24.3 Å². The summed E-state index contributed by atoms with van der Waals surface area (Å²) in [5.74, 6) is -8.95. The van der Waals surface area contributed by atoms with Crippen LogP contribution in [-0.4, -0.2) is 30.2 Å². The van der Waals surface area contributed by atoms with E-state index in [1.54, 1.807) is 30.3 Å². The predicted octanol–water partition coefficient (Wildman–Crippen LogP) is 2.68. The highest BCUT2D eigenvalue weighted by Crippen LogP contribution is 2.50. The van der Waals surface area contributed by atoms with Gasteiger partial charge in [-0.1, -0.05) is 18.2 Å². The van der Waals surface area contributed by atoms with Crippen molar-refractivity contribution in [3.63, 3.8) is 0 Å². The molecule has 0 bridgehead atoms. The summed E-state index contributed by atoms with van der Waals surface area (Å²) in [6.07, 6.45) is -7.52. The maximum Gasteiger partial charge on any atom is 0.453 e. The number of nitrogens with one attached hydrogen (secondary N) is 2. The molecule has 0 spiro atoms. The van der Waals surface area contributed by atoms with Crippen LogP contribution in [0.1, 0.15) is 13.3 Å². The Kier molecular flexibility index (Phi) is 3.94. The third-order valence-electron chi connectivity index (χ3n) is 4.62. The molecule has 2 heterocycles. The second kappa shape index (κ2) is 5.58. The van der Waals surface area contributed by atoms with Crippen LogP contribution in [0.5, 0.6) is 0 Å². The van der Waals surface area contributed by atoms with Gasteiger partial charge in [0.15, 0.2) is 0 Å². The third-order valence-corrected chi connectivity index (χ3v) is 4.62. The average molecular weight is 349 g/mol. The van der Waals surface area contributed by atoms with Gasteiger partial charge in [-0.2, -0.15) is 22.0 Å². The summed E-state index contributed by atoms with van der Waals surface area (Å²) in [7, 11) is 0. The highest BCUT2D eigenvalue weighted by molar-refractivity contribution is 5.78. The summed E-state index contributed by atoms with van der Waals surface area (Å²) >= 11 is 0. The number of alkyl halides is 5. The smallest absolute Gasteiger partial charge is 0.334 e. The largest absolute Gasteiger partial charge is 0.453 e. The molecule has 0 radical (unpaired) electrons. The Hall–Kier alpha value is -1.90. The number of carbonyl (C=O) groups excluding carboxylic acids is 1. The van der Waals surface area contributed by atoms with Gasteiger partial charge in [0.25, 0.3) is 0 Å². The number of anilines is 1. The Labute approximate surface area is 135 Å². The Morgan fingerprint density at radius 2 is 1.75 bits per heavy atom. The zero-order valence-electron chi connectivity index (χ0n) is 12.6. The minimum absolute atomic E-state index is 0.577. The Morgan fingerprint density at radius 1 is 1.12 bits per heavy atom. The van der Waals surface area contributed by atoms with Gasteiger partial charge in [0.1, 0.15) is 6.17 Å². The zero-order chi connectivity index (χ0) is 17.7. The van der Waals surface area contributed by atoms with Gasteiger partial charge in [-0.05, 0) is 19.1 Å². The number of piperidine rings is 1. The molecule has 2 fully saturated rings. The molecule has 3 rings (SSSR count). The number of hydrogen-bond donors (Lipinski definition) is 2. The number of hydrogen-bond acceptors (Lipinski definition) is 3. The Balaban J connectivity index is 1.97. The lowest BCUT2D eigenvalue weighted by molar-refractivity contribution is -0.310. The number of nitrogens with zero attached hydrogens (tertiary/aromatic N) is 1. The summed E-state index contributed by atoms with van der Waals surface area (Å²) in [5, 5.41) is 3.98. The molecule has 1 aromatic carbocycles. The van der Waals surface area contributed by atoms with Gasteiger partial charge in [-0.3, -0.25) is 9.80 Å². The first-order chi connectivity index (χ1) is 11.1. The molecule has 0 aliphatic carbocycles. The normalized spacial score (nSPS) is 30.9. The van der Waals surface area contributed by atoms with Gasteiger partial charge in [0.05, 0.1) is 5.69 Å². The molecule has 9 heteroatoms. The molecule has 4 unspecified atom stereocenters. The molecule has 4 nitrogen and oxygen atoms in total. The lowest BCUT2D eigenvalue weighted by atomic mass is 9.76. The third kappa shape index (κ3) is 2.60. The number of fused-ring (bicyclic) bond motifs is 1. The highest BCUT2D eigenvalue weighted by atomic mass is 19.4. The number of para-hydroxylation sites is 1. The molecule has 24 heavy (non-hydrogen) atoms. The summed E-state index contributed by atoms with van der Waals surface area (Å²) in [4.78, 5) is 11.8. The van der Waals surface area contributed by atoms with Crippen molar-refractivity contribution >= 4 is 11.6 Å². The van der Waals surface area contributed by atoms with E-state index in [4.69, 9.17) is 0 Å². The van der Waals surface area contributed by atoms with Gasteiger partial charge < -0.3 is 5.32 Å². The monoisotopic (exact) mass is 349 g/mol. The average Bonchev–Trinajstić information content (AvgIpc) is 2.83. The van der Waals surface area contributed by atoms with E-state index in [-0.39, 0.29) is 0 Å². The molecule has 1 aromatic rings. The molecule has 4 atom stereocenters. The minimum atomic E-state index is -5.69. The van der Waals surface area contributed by atoms with Crippen LogP contribution >= 0.6 is 0 Å². The van der Waals surface area contributed by atoms with Crippen molar-refractivity contribution < 1.29 is 26.7 Å². The van der Waals surface area contributed by atoms with Gasteiger partial charge >= 0.3 is 12.1 Å². The van der Waals surface area contributed by atoms with Gasteiger partial charge in [-0.15, -0.1) is 0 Å². The van der Waals surface area contributed by atoms with Crippen LogP contribution in [0.3, 0.4) is 0 Å². The second-order valence-corrected chi connectivity index (χ2v) is 6.14. The molecule has 1 amide bonds. The summed E-state index contributed by atoms with van der Waals surface area (Å²) in [6.45, 7) is 1.54. The molecule has 132 valence electrons. The summed E-state index contributed by atoms with van der Waals surface area (Å²) in [6, 6.07) is 7.87. The van der Waals surface area contributed by atoms with Crippen molar-refractivity contribution in [3.8, 4) is 0 Å². The quantitative estimate of drug-likeness (QED) is 0.807. The van der Waals surface area contributed by atoms with Crippen molar-refractivity contribution in [2.45, 2.75) is 37.7 Å². The Bertz CT molecular complexity index is 621. The number of carbonyl (C=O) groups is 1. The van der Waals surface area contributed by atoms with Crippen LogP contribution in [0.15, 0.2) is 30.3 Å². The maximum atomic E-state index is 14.0. The summed E-state index contributed by atoms with van der Waals surface area (Å²) < 4.78 is 66.5. The standard InChI is InChI=1S/C15H16F5N3O/c1-8-12-10(14(16,17)15(18,19)20)7-11(24)21-13(12)23(22-8)9-5-3-2-4-6-9/h2-6,8,10,12-13,22H,7H2,1H3,(H,21,24). The van der Waals surface area contributed by atoms with Crippen LogP contribution in [0.25, 0.3) is 0 Å². The van der Waals surface area contributed by atoms with E-state index < -0.39 is 48.5 Å². The van der Waals surface area contributed by atoms with Crippen LogP contribution in [0, 0.1) is 11.8 Å². The van der Waals surface area contributed by atoms with Gasteiger partial charge in [0.2, 0.25) is 5.91 Å². The zero-order valence-corrected chi connectivity index (χ0v) is 12.6. The van der Waals surface area contributed by atoms with Crippen molar-refractivity contribution in [2.24, 2.45) is 11.8 Å². The van der Waals surface area contributed by atoms with E-state index >= 15 is 0 Å². The number of halogens is 5. The molecule has 2 aliphatic heterocycles. The fourth-order valence-electron chi connectivity index (χ4n) is 3.52. The first-order valence-corrected chi connectivity index (χ1v) is 7.47. The van der Waals surface area contributed by atoms with Crippen molar-refractivity contribution in [2.75, 3.05) is 5.01 Å². The first-order valence-electron chi connectivity index (χ1n) is 7.47. The maximum absolute atomic E-state index is 14.0. The molecular formula is C15H16F5N3O. The molecule has 0 saturated carbocycles. The number of hydrazine groups is 1. The van der Waals surface area contributed by atoms with E-state index in [2.05, 4.69) is 10.7 Å². The molecule has 2 N–H and O–H groups in total. The topological polar surface area (TPSA) is 44.4 Å². The minimum Gasteiger partial charge on any atom is -0.334 e. The van der Waals surface area contributed by atoms with E-state index in [0.29, 0.717) is 5.69 Å². The van der Waals surface area contributed by atoms with Crippen molar-refractivity contribution in [1.82, 2.24) is 10.7 Å². The fraction of sp³-hybridized carbons (Fsp3) is 0.533. The molecule has 2 saturated heterocycles. The SMILES string of the molecule is CC1NN(c2ccccc2)C2NC(=O)CC(C(F)(F)C(F)(F)F)C12. The number of benzene rings is 1. The van der Waals surface area contributed by atoms with E-state index in [1.165, 1.54) is 11.9 Å². The fourth-order valence-corrected chi connectivity index (χ4v) is 3.52. The van der Waals surface area contributed by atoms with Crippen LogP contribution < -0.4 is 15.8 Å². The highest BCUT2D eigenvalue weighted by Gasteiger charge is 2.67. The van der Waals surface area contributed by atoms with Crippen molar-refractivity contribution in [1.29, 1.82) is 0 Å². The van der Waals surface area contributed by atoms with Crippen LogP contribution in [0.4, 0.5) is 27.6 Å². The van der Waals surface area contributed by atoms with E-state index in [0.717, 1.165) is 0 Å². The lowest BCUT2D eigenvalue weighted by Gasteiger charge is -2.41. The Morgan fingerprint density at radius 3 is 2.33 bits per heavy atom. The van der Waals surface area contributed by atoms with Crippen LogP contribution in [0.2, 0.25) is 0 Å². The van der Waals surface area contributed by atoms with Crippen LogP contribution in [-0.2, 0) is 4.79 Å². The number of amides is 1. The molecular weight excluding hydrogens is 333 g/mol. The van der Waals surface area contributed by atoms with Crippen molar-refractivity contribution in [3.05, 3.63) is 30.3 Å². The number of rotatable bonds is 2. The summed E-state index contributed by atoms with van der Waals surface area (Å²) in [5.41, 5.74) is 3.48. The molecule has 2 aliphatic rings. The first kappa shape index (κ1) is 16.9. The van der Waals surface area contributed by atoms with E-state index in [9.17, 15) is 26.7 Å². The lowest BCUT2D eigenvalue weighted by Crippen LogP contribution is -2.60. The van der Waals surface area contributed by atoms with E-state index in [1.807, 2.05) is 0 Å². The second-order valence-electron chi connectivity index (χ2n) is 6.14. The predicted molar refractivity (Wildman–Crippen MR) is 76.0 cm³/mol.